The van der Waals surface area contributed by atoms with E-state index in [1.165, 1.54) is 0 Å². The molecule has 130 valence electrons. The number of benzene rings is 2. The van der Waals surface area contributed by atoms with Crippen LogP contribution in [0, 0.1) is 0 Å². The molecule has 1 aromatic heterocycles. The summed E-state index contributed by atoms with van der Waals surface area (Å²) < 4.78 is 0.996. The second kappa shape index (κ2) is 8.68. The summed E-state index contributed by atoms with van der Waals surface area (Å²) in [6, 6.07) is 18.0. The van der Waals surface area contributed by atoms with Crippen LogP contribution in [0.25, 0.3) is 28.3 Å². The lowest BCUT2D eigenvalue weighted by molar-refractivity contribution is 1.03. The number of hydrogen-bond donors (Lipinski definition) is 0. The normalized spacial score (nSPS) is 11.9. The largest absolute Gasteiger partial charge is 0.208 e. The average molecular weight is 406 g/mol. The molecule has 3 aromatic rings. The molecular formula is C22H20BrN3. The molecule has 0 radical (unpaired) electrons. The van der Waals surface area contributed by atoms with Gasteiger partial charge in [-0.3, -0.25) is 0 Å². The monoisotopic (exact) mass is 405 g/mol. The fraction of sp³-hybridized carbons (Fsp3) is 0.136. The van der Waals surface area contributed by atoms with E-state index in [-0.39, 0.29) is 0 Å². The minimum atomic E-state index is 0.668. The maximum Gasteiger partial charge on any atom is 0.164 e. The summed E-state index contributed by atoms with van der Waals surface area (Å²) in [5, 5.41) is 0. The van der Waals surface area contributed by atoms with Gasteiger partial charge in [-0.05, 0) is 25.5 Å². The van der Waals surface area contributed by atoms with Gasteiger partial charge in [0, 0.05) is 21.2 Å². The Kier molecular flexibility index (Phi) is 6.08. The summed E-state index contributed by atoms with van der Waals surface area (Å²) in [6.45, 7) is 4.11. The Morgan fingerprint density at radius 3 is 2.27 bits per heavy atom. The third-order valence-electron chi connectivity index (χ3n) is 3.78. The molecule has 0 spiro atoms. The quantitative estimate of drug-likeness (QED) is 0.464. The van der Waals surface area contributed by atoms with Crippen LogP contribution in [0.15, 0.2) is 77.3 Å². The van der Waals surface area contributed by atoms with Crippen LogP contribution in [-0.4, -0.2) is 15.0 Å². The van der Waals surface area contributed by atoms with Crippen LogP contribution >= 0.6 is 15.9 Å². The molecule has 0 unspecified atom stereocenters. The minimum Gasteiger partial charge on any atom is -0.208 e. The van der Waals surface area contributed by atoms with Crippen molar-refractivity contribution in [2.45, 2.75) is 20.3 Å². The van der Waals surface area contributed by atoms with Gasteiger partial charge in [-0.2, -0.15) is 0 Å². The van der Waals surface area contributed by atoms with E-state index in [9.17, 15) is 0 Å². The average Bonchev–Trinajstić information content (AvgIpc) is 2.68. The zero-order valence-corrected chi connectivity index (χ0v) is 16.4. The van der Waals surface area contributed by atoms with Crippen molar-refractivity contribution in [3.05, 3.63) is 83.1 Å². The molecule has 0 bridgehead atoms. The van der Waals surface area contributed by atoms with Crippen molar-refractivity contribution in [3.63, 3.8) is 0 Å². The molecule has 1 heterocycles. The highest BCUT2D eigenvalue weighted by Crippen LogP contribution is 2.25. The molecule has 0 aliphatic heterocycles. The minimum absolute atomic E-state index is 0.668. The Labute approximate surface area is 162 Å². The first kappa shape index (κ1) is 18.2. The first-order chi connectivity index (χ1) is 12.7. The third-order valence-corrected chi connectivity index (χ3v) is 4.27. The van der Waals surface area contributed by atoms with Crippen molar-refractivity contribution in [1.29, 1.82) is 0 Å². The summed E-state index contributed by atoms with van der Waals surface area (Å²) in [5.74, 6) is 2.03. The first-order valence-corrected chi connectivity index (χ1v) is 9.41. The summed E-state index contributed by atoms with van der Waals surface area (Å²) in [4.78, 5) is 14.2. The molecule has 0 N–H and O–H groups in total. The van der Waals surface area contributed by atoms with Crippen molar-refractivity contribution in [3.8, 4) is 22.8 Å². The maximum absolute atomic E-state index is 4.75. The molecule has 0 fully saturated rings. The highest BCUT2D eigenvalue weighted by Gasteiger charge is 2.12. The summed E-state index contributed by atoms with van der Waals surface area (Å²) in [5.41, 5.74) is 2.94. The third kappa shape index (κ3) is 4.33. The number of allylic oxidation sites excluding steroid dienone is 4. The fourth-order valence-electron chi connectivity index (χ4n) is 2.61. The predicted octanol–water partition coefficient (Wildman–Crippen LogP) is 6.34. The standard InChI is InChI=1S/C22H20BrN3/c1-3-9-16(10-4-2)20-24-21(17-11-6-5-7-12-17)26-22(25-20)18-13-8-14-19(23)15-18/h3,5-15H,4H2,1-2H3. The molecule has 4 heteroatoms. The Balaban J connectivity index is 2.21. The van der Waals surface area contributed by atoms with Crippen molar-refractivity contribution < 1.29 is 0 Å². The molecule has 3 nitrogen and oxygen atoms in total. The SMILES string of the molecule is CC=CC(=CCC)c1nc(-c2ccccc2)nc(-c2cccc(Br)c2)n1. The molecule has 0 saturated carbocycles. The zero-order chi connectivity index (χ0) is 18.4. The van der Waals surface area contributed by atoms with Crippen LogP contribution in [0.4, 0.5) is 0 Å². The van der Waals surface area contributed by atoms with Gasteiger partial charge in [-0.15, -0.1) is 0 Å². The van der Waals surface area contributed by atoms with E-state index in [2.05, 4.69) is 28.9 Å². The van der Waals surface area contributed by atoms with E-state index in [4.69, 9.17) is 15.0 Å². The van der Waals surface area contributed by atoms with Gasteiger partial charge in [0.05, 0.1) is 0 Å². The number of halogens is 1. The number of nitrogens with zero attached hydrogens (tertiary/aromatic N) is 3. The van der Waals surface area contributed by atoms with Crippen LogP contribution in [0.2, 0.25) is 0 Å². The molecular weight excluding hydrogens is 386 g/mol. The molecule has 0 atom stereocenters. The van der Waals surface area contributed by atoms with Crippen molar-refractivity contribution in [1.82, 2.24) is 15.0 Å². The molecule has 0 aliphatic rings. The van der Waals surface area contributed by atoms with Gasteiger partial charge in [-0.1, -0.05) is 83.5 Å². The Morgan fingerprint density at radius 1 is 0.923 bits per heavy atom. The molecule has 0 saturated heterocycles. The second-order valence-corrected chi connectivity index (χ2v) is 6.67. The van der Waals surface area contributed by atoms with Crippen LogP contribution in [0.1, 0.15) is 26.1 Å². The van der Waals surface area contributed by atoms with Gasteiger partial charge < -0.3 is 0 Å². The Bertz CT molecular complexity index is 947. The van der Waals surface area contributed by atoms with E-state index in [1.54, 1.807) is 0 Å². The summed E-state index contributed by atoms with van der Waals surface area (Å²) >= 11 is 3.53. The lowest BCUT2D eigenvalue weighted by Crippen LogP contribution is -2.02. The van der Waals surface area contributed by atoms with E-state index in [0.29, 0.717) is 17.5 Å². The number of rotatable bonds is 5. The van der Waals surface area contributed by atoms with Crippen LogP contribution in [0.5, 0.6) is 0 Å². The van der Waals surface area contributed by atoms with E-state index in [0.717, 1.165) is 27.6 Å². The topological polar surface area (TPSA) is 38.7 Å². The molecule has 2 aromatic carbocycles. The van der Waals surface area contributed by atoms with Crippen molar-refractivity contribution in [2.75, 3.05) is 0 Å². The maximum atomic E-state index is 4.75. The Morgan fingerprint density at radius 2 is 1.62 bits per heavy atom. The fourth-order valence-corrected chi connectivity index (χ4v) is 3.01. The smallest absolute Gasteiger partial charge is 0.164 e. The molecule has 0 amide bonds. The van der Waals surface area contributed by atoms with Crippen molar-refractivity contribution >= 4 is 21.5 Å². The van der Waals surface area contributed by atoms with E-state index in [1.807, 2.05) is 73.7 Å². The molecule has 26 heavy (non-hydrogen) atoms. The highest BCUT2D eigenvalue weighted by atomic mass is 79.9. The summed E-state index contributed by atoms with van der Waals surface area (Å²) in [7, 11) is 0. The van der Waals surface area contributed by atoms with Crippen LogP contribution < -0.4 is 0 Å². The van der Waals surface area contributed by atoms with Crippen molar-refractivity contribution in [2.24, 2.45) is 0 Å². The summed E-state index contributed by atoms with van der Waals surface area (Å²) in [6.07, 6.45) is 7.09. The molecule has 3 rings (SSSR count). The first-order valence-electron chi connectivity index (χ1n) is 8.62. The highest BCUT2D eigenvalue weighted by molar-refractivity contribution is 9.10. The van der Waals surface area contributed by atoms with E-state index >= 15 is 0 Å². The lowest BCUT2D eigenvalue weighted by Gasteiger charge is -2.09. The van der Waals surface area contributed by atoms with Crippen LogP contribution in [-0.2, 0) is 0 Å². The van der Waals surface area contributed by atoms with Gasteiger partial charge in [0.15, 0.2) is 17.5 Å². The van der Waals surface area contributed by atoms with Gasteiger partial charge in [0.2, 0.25) is 0 Å². The predicted molar refractivity (Wildman–Crippen MR) is 111 cm³/mol. The Hall–Kier alpha value is -2.59. The van der Waals surface area contributed by atoms with Crippen LogP contribution in [0.3, 0.4) is 0 Å². The van der Waals surface area contributed by atoms with Gasteiger partial charge in [-0.25, -0.2) is 15.0 Å². The zero-order valence-electron chi connectivity index (χ0n) is 14.9. The van der Waals surface area contributed by atoms with Gasteiger partial charge in [0.1, 0.15) is 0 Å². The van der Waals surface area contributed by atoms with E-state index < -0.39 is 0 Å². The number of aromatic nitrogens is 3. The van der Waals surface area contributed by atoms with Gasteiger partial charge >= 0.3 is 0 Å². The molecule has 0 aliphatic carbocycles. The second-order valence-electron chi connectivity index (χ2n) is 5.75. The number of hydrogen-bond acceptors (Lipinski definition) is 3. The lowest BCUT2D eigenvalue weighted by atomic mass is 10.1. The van der Waals surface area contributed by atoms with Gasteiger partial charge in [0.25, 0.3) is 0 Å².